The summed E-state index contributed by atoms with van der Waals surface area (Å²) in [6.07, 6.45) is 3.25. The van der Waals surface area contributed by atoms with Crippen molar-refractivity contribution in [2.24, 2.45) is 0 Å². The Morgan fingerprint density at radius 1 is 1.28 bits per heavy atom. The van der Waals surface area contributed by atoms with Crippen LogP contribution in [0.5, 0.6) is 0 Å². The number of hydrogen-bond acceptors (Lipinski definition) is 2. The summed E-state index contributed by atoms with van der Waals surface area (Å²) in [6, 6.07) is 6.04. The number of nitrogens with one attached hydrogen (secondary N) is 2. The van der Waals surface area contributed by atoms with Gasteiger partial charge in [0.25, 0.3) is 0 Å². The van der Waals surface area contributed by atoms with Crippen LogP contribution in [0.1, 0.15) is 30.4 Å². The SMILES string of the molecule is Cc1cccc(C)c1NC(=O)C1CCCCN1.Cl. The van der Waals surface area contributed by atoms with Crippen molar-refractivity contribution in [3.05, 3.63) is 29.3 Å². The number of piperidine rings is 1. The number of benzene rings is 1. The van der Waals surface area contributed by atoms with Crippen molar-refractivity contribution in [3.8, 4) is 0 Å². The molecule has 0 aromatic heterocycles. The monoisotopic (exact) mass is 268 g/mol. The molecule has 1 saturated heterocycles. The van der Waals surface area contributed by atoms with Gasteiger partial charge >= 0.3 is 0 Å². The van der Waals surface area contributed by atoms with Crippen LogP contribution in [0.4, 0.5) is 5.69 Å². The average Bonchev–Trinajstić information content (AvgIpc) is 2.35. The van der Waals surface area contributed by atoms with Gasteiger partial charge in [0.15, 0.2) is 0 Å². The van der Waals surface area contributed by atoms with Gasteiger partial charge in [-0.15, -0.1) is 12.4 Å². The molecule has 1 unspecified atom stereocenters. The highest BCUT2D eigenvalue weighted by Crippen LogP contribution is 2.20. The van der Waals surface area contributed by atoms with Gasteiger partial charge in [-0.2, -0.15) is 0 Å². The summed E-state index contributed by atoms with van der Waals surface area (Å²) >= 11 is 0. The summed E-state index contributed by atoms with van der Waals surface area (Å²) < 4.78 is 0. The molecule has 1 amide bonds. The van der Waals surface area contributed by atoms with E-state index in [1.807, 2.05) is 32.0 Å². The first-order valence-electron chi connectivity index (χ1n) is 6.29. The number of para-hydroxylation sites is 1. The van der Waals surface area contributed by atoms with Gasteiger partial charge in [-0.25, -0.2) is 0 Å². The molecular weight excluding hydrogens is 248 g/mol. The van der Waals surface area contributed by atoms with Crippen molar-refractivity contribution >= 4 is 24.0 Å². The van der Waals surface area contributed by atoms with E-state index in [9.17, 15) is 4.79 Å². The Morgan fingerprint density at radius 2 is 1.94 bits per heavy atom. The molecule has 4 heteroatoms. The van der Waals surface area contributed by atoms with Crippen LogP contribution in [0.2, 0.25) is 0 Å². The summed E-state index contributed by atoms with van der Waals surface area (Å²) in [4.78, 5) is 12.1. The van der Waals surface area contributed by atoms with Crippen LogP contribution in [0.3, 0.4) is 0 Å². The molecule has 1 atom stereocenters. The van der Waals surface area contributed by atoms with Crippen LogP contribution in [-0.4, -0.2) is 18.5 Å². The summed E-state index contributed by atoms with van der Waals surface area (Å²) in [6.45, 7) is 5.00. The molecule has 2 N–H and O–H groups in total. The van der Waals surface area contributed by atoms with Crippen molar-refractivity contribution in [1.82, 2.24) is 5.32 Å². The molecule has 18 heavy (non-hydrogen) atoms. The largest absolute Gasteiger partial charge is 0.324 e. The zero-order chi connectivity index (χ0) is 12.3. The molecule has 1 fully saturated rings. The number of amides is 1. The second-order valence-electron chi connectivity index (χ2n) is 4.76. The number of carbonyl (C=O) groups excluding carboxylic acids is 1. The predicted molar refractivity (Wildman–Crippen MR) is 77.4 cm³/mol. The molecule has 1 aliphatic rings. The Labute approximate surface area is 115 Å². The minimum absolute atomic E-state index is 0. The number of halogens is 1. The third-order valence-electron chi connectivity index (χ3n) is 3.36. The number of carbonyl (C=O) groups is 1. The van der Waals surface area contributed by atoms with Gasteiger partial charge in [-0.05, 0) is 44.4 Å². The van der Waals surface area contributed by atoms with Crippen LogP contribution in [-0.2, 0) is 4.79 Å². The molecule has 0 aliphatic carbocycles. The molecule has 0 bridgehead atoms. The van der Waals surface area contributed by atoms with E-state index >= 15 is 0 Å². The molecule has 0 spiro atoms. The molecule has 1 aliphatic heterocycles. The Hall–Kier alpha value is -1.06. The Bertz CT molecular complexity index is 394. The Kier molecular flexibility index (Phi) is 5.63. The Morgan fingerprint density at radius 3 is 2.50 bits per heavy atom. The third-order valence-corrected chi connectivity index (χ3v) is 3.36. The van der Waals surface area contributed by atoms with Crippen molar-refractivity contribution < 1.29 is 4.79 Å². The normalized spacial score (nSPS) is 18.9. The zero-order valence-corrected chi connectivity index (χ0v) is 11.8. The summed E-state index contributed by atoms with van der Waals surface area (Å²) in [5.41, 5.74) is 3.20. The molecule has 1 aromatic carbocycles. The van der Waals surface area contributed by atoms with Gasteiger partial charge in [-0.3, -0.25) is 4.79 Å². The topological polar surface area (TPSA) is 41.1 Å². The maximum Gasteiger partial charge on any atom is 0.241 e. The fourth-order valence-corrected chi connectivity index (χ4v) is 2.30. The number of anilines is 1. The van der Waals surface area contributed by atoms with E-state index in [-0.39, 0.29) is 24.4 Å². The molecular formula is C14H21ClN2O. The highest BCUT2D eigenvalue weighted by molar-refractivity contribution is 5.96. The Balaban J connectivity index is 0.00000162. The zero-order valence-electron chi connectivity index (χ0n) is 11.0. The lowest BCUT2D eigenvalue weighted by Gasteiger charge is -2.23. The quantitative estimate of drug-likeness (QED) is 0.866. The van der Waals surface area contributed by atoms with E-state index in [1.165, 1.54) is 6.42 Å². The van der Waals surface area contributed by atoms with Crippen molar-refractivity contribution in [2.75, 3.05) is 11.9 Å². The van der Waals surface area contributed by atoms with Crippen LogP contribution in [0, 0.1) is 13.8 Å². The van der Waals surface area contributed by atoms with Gasteiger partial charge in [0, 0.05) is 5.69 Å². The second kappa shape index (κ2) is 6.76. The highest BCUT2D eigenvalue weighted by Gasteiger charge is 2.21. The second-order valence-corrected chi connectivity index (χ2v) is 4.76. The fourth-order valence-electron chi connectivity index (χ4n) is 2.30. The van der Waals surface area contributed by atoms with Crippen LogP contribution < -0.4 is 10.6 Å². The van der Waals surface area contributed by atoms with Gasteiger partial charge in [0.05, 0.1) is 6.04 Å². The predicted octanol–water partition coefficient (Wildman–Crippen LogP) is 2.81. The van der Waals surface area contributed by atoms with E-state index in [1.54, 1.807) is 0 Å². The summed E-state index contributed by atoms with van der Waals surface area (Å²) in [7, 11) is 0. The molecule has 2 rings (SSSR count). The van der Waals surface area contributed by atoms with E-state index < -0.39 is 0 Å². The van der Waals surface area contributed by atoms with E-state index in [4.69, 9.17) is 0 Å². The molecule has 100 valence electrons. The lowest BCUT2D eigenvalue weighted by atomic mass is 10.0. The number of rotatable bonds is 2. The number of aryl methyl sites for hydroxylation is 2. The van der Waals surface area contributed by atoms with Crippen molar-refractivity contribution in [2.45, 2.75) is 39.2 Å². The standard InChI is InChI=1S/C14H20N2O.ClH/c1-10-6-5-7-11(2)13(10)16-14(17)12-8-3-4-9-15-12;/h5-7,12,15H,3-4,8-9H2,1-2H3,(H,16,17);1H. The third kappa shape index (κ3) is 3.47. The first kappa shape index (κ1) is 15.0. The molecule has 1 heterocycles. The first-order valence-corrected chi connectivity index (χ1v) is 6.29. The number of hydrogen-bond donors (Lipinski definition) is 2. The van der Waals surface area contributed by atoms with E-state index in [2.05, 4.69) is 10.6 Å². The van der Waals surface area contributed by atoms with Crippen molar-refractivity contribution in [1.29, 1.82) is 0 Å². The highest BCUT2D eigenvalue weighted by atomic mass is 35.5. The molecule has 3 nitrogen and oxygen atoms in total. The van der Waals surface area contributed by atoms with Gasteiger partial charge in [0.1, 0.15) is 0 Å². The maximum absolute atomic E-state index is 12.1. The van der Waals surface area contributed by atoms with Crippen molar-refractivity contribution in [3.63, 3.8) is 0 Å². The summed E-state index contributed by atoms with van der Waals surface area (Å²) in [5, 5.41) is 6.31. The van der Waals surface area contributed by atoms with E-state index in [0.717, 1.165) is 36.2 Å². The fraction of sp³-hybridized carbons (Fsp3) is 0.500. The van der Waals surface area contributed by atoms with E-state index in [0.29, 0.717) is 0 Å². The smallest absolute Gasteiger partial charge is 0.241 e. The average molecular weight is 269 g/mol. The van der Waals surface area contributed by atoms with Gasteiger partial charge in [0.2, 0.25) is 5.91 Å². The molecule has 0 saturated carbocycles. The molecule has 0 radical (unpaired) electrons. The lowest BCUT2D eigenvalue weighted by molar-refractivity contribution is -0.118. The minimum atomic E-state index is -0.0252. The molecule has 1 aromatic rings. The lowest BCUT2D eigenvalue weighted by Crippen LogP contribution is -2.43. The minimum Gasteiger partial charge on any atom is -0.324 e. The first-order chi connectivity index (χ1) is 8.18. The van der Waals surface area contributed by atoms with Gasteiger partial charge in [-0.1, -0.05) is 24.6 Å². The maximum atomic E-state index is 12.1. The van der Waals surface area contributed by atoms with Crippen LogP contribution in [0.25, 0.3) is 0 Å². The van der Waals surface area contributed by atoms with Crippen LogP contribution >= 0.6 is 12.4 Å². The van der Waals surface area contributed by atoms with Crippen LogP contribution in [0.15, 0.2) is 18.2 Å². The summed E-state index contributed by atoms with van der Waals surface area (Å²) in [5.74, 6) is 0.0992. The van der Waals surface area contributed by atoms with Gasteiger partial charge < -0.3 is 10.6 Å².